The van der Waals surface area contributed by atoms with Crippen molar-refractivity contribution in [2.45, 2.75) is 18.9 Å². The highest BCUT2D eigenvalue weighted by atomic mass is 127. The van der Waals surface area contributed by atoms with Gasteiger partial charge in [-0.3, -0.25) is 0 Å². The van der Waals surface area contributed by atoms with Gasteiger partial charge in [0.25, 0.3) is 0 Å². The number of hydrogen-bond donors (Lipinski definition) is 1. The van der Waals surface area contributed by atoms with Crippen molar-refractivity contribution in [1.82, 2.24) is 14.5 Å². The Hall–Kier alpha value is -0.890. The van der Waals surface area contributed by atoms with E-state index in [1.807, 2.05) is 27.2 Å². The Kier molecular flexibility index (Phi) is 3.38. The Morgan fingerprint density at radius 3 is 2.74 bits per heavy atom. The Bertz CT molecular complexity index is 617. The fourth-order valence-corrected chi connectivity index (χ4v) is 3.20. The predicted molar refractivity (Wildman–Crippen MR) is 82.6 cm³/mol. The minimum Gasteiger partial charge on any atom is -0.369 e. The van der Waals surface area contributed by atoms with E-state index in [2.05, 4.69) is 16.9 Å². The van der Waals surface area contributed by atoms with Gasteiger partial charge in [0, 0.05) is 12.1 Å². The van der Waals surface area contributed by atoms with Crippen LogP contribution in [0, 0.1) is 9.39 Å². The van der Waals surface area contributed by atoms with Crippen molar-refractivity contribution in [2.75, 3.05) is 25.9 Å². The largest absolute Gasteiger partial charge is 0.369 e. The topological polar surface area (TPSA) is 47.1 Å². The van der Waals surface area contributed by atoms with Crippen LogP contribution in [0.2, 0.25) is 0 Å². The van der Waals surface area contributed by atoms with Crippen LogP contribution in [0.1, 0.15) is 18.9 Å². The predicted octanol–water partition coefficient (Wildman–Crippen LogP) is 2.63. The molecule has 102 valence electrons. The van der Waals surface area contributed by atoms with E-state index in [1.54, 1.807) is 12.1 Å². The van der Waals surface area contributed by atoms with Gasteiger partial charge in [0.2, 0.25) is 5.95 Å². The van der Waals surface area contributed by atoms with Crippen LogP contribution < -0.4 is 5.73 Å². The number of benzene rings is 1. The summed E-state index contributed by atoms with van der Waals surface area (Å²) in [4.78, 5) is 6.67. The van der Waals surface area contributed by atoms with Crippen LogP contribution in [-0.2, 0) is 0 Å². The first-order chi connectivity index (χ1) is 9.06. The minimum absolute atomic E-state index is 0.206. The second kappa shape index (κ2) is 4.90. The summed E-state index contributed by atoms with van der Waals surface area (Å²) in [5, 5.41) is 0. The zero-order valence-electron chi connectivity index (χ0n) is 10.7. The smallest absolute Gasteiger partial charge is 0.201 e. The molecule has 1 aromatic carbocycles. The summed E-state index contributed by atoms with van der Waals surface area (Å²) in [7, 11) is 2.12. The Morgan fingerprint density at radius 1 is 1.37 bits per heavy atom. The van der Waals surface area contributed by atoms with Gasteiger partial charge < -0.3 is 15.2 Å². The molecule has 0 bridgehead atoms. The van der Waals surface area contributed by atoms with E-state index in [-0.39, 0.29) is 5.82 Å². The molecule has 0 amide bonds. The lowest BCUT2D eigenvalue weighted by Crippen LogP contribution is -2.31. The molecule has 2 N–H and O–H groups in total. The average molecular weight is 374 g/mol. The summed E-state index contributed by atoms with van der Waals surface area (Å²) < 4.78 is 16.4. The highest BCUT2D eigenvalue weighted by Gasteiger charge is 2.22. The van der Waals surface area contributed by atoms with Gasteiger partial charge in [0.15, 0.2) is 0 Å². The summed E-state index contributed by atoms with van der Waals surface area (Å²) in [5.41, 5.74) is 7.62. The molecule has 0 aliphatic carbocycles. The normalized spacial score (nSPS) is 18.3. The van der Waals surface area contributed by atoms with Gasteiger partial charge in [-0.2, -0.15) is 0 Å². The number of anilines is 1. The number of imidazole rings is 1. The molecule has 0 saturated carbocycles. The summed E-state index contributed by atoms with van der Waals surface area (Å²) in [5.74, 6) is 0.285. The van der Waals surface area contributed by atoms with E-state index in [1.165, 1.54) is 0 Å². The monoisotopic (exact) mass is 374 g/mol. The Morgan fingerprint density at radius 2 is 2.05 bits per heavy atom. The summed E-state index contributed by atoms with van der Waals surface area (Å²) in [6.45, 7) is 2.08. The van der Waals surface area contributed by atoms with E-state index < -0.39 is 0 Å². The summed E-state index contributed by atoms with van der Waals surface area (Å²) in [6.07, 6.45) is 2.06. The van der Waals surface area contributed by atoms with E-state index in [0.717, 1.165) is 37.0 Å². The standard InChI is InChI=1S/C13H16FIN4/c1-18-4-2-8(3-5-18)19-12-6-9(14)10(15)7-11(12)17-13(19)16/h6-8H,2-5H2,1H3,(H2,16,17). The highest BCUT2D eigenvalue weighted by Crippen LogP contribution is 2.31. The minimum atomic E-state index is -0.206. The molecule has 3 rings (SSSR count). The van der Waals surface area contributed by atoms with Crippen molar-refractivity contribution in [1.29, 1.82) is 0 Å². The summed E-state index contributed by atoms with van der Waals surface area (Å²) in [6, 6.07) is 3.63. The number of nitrogens with zero attached hydrogens (tertiary/aromatic N) is 3. The third-order valence-corrected chi connectivity index (χ3v) is 4.64. The van der Waals surface area contributed by atoms with Gasteiger partial charge in [0.1, 0.15) is 5.82 Å². The highest BCUT2D eigenvalue weighted by molar-refractivity contribution is 14.1. The molecule has 1 aliphatic heterocycles. The lowest BCUT2D eigenvalue weighted by Gasteiger charge is -2.30. The third-order valence-electron chi connectivity index (χ3n) is 3.81. The zero-order chi connectivity index (χ0) is 13.6. The number of halogens is 2. The molecule has 2 heterocycles. The molecular formula is C13H16FIN4. The van der Waals surface area contributed by atoms with Gasteiger partial charge in [-0.15, -0.1) is 0 Å². The fourth-order valence-electron chi connectivity index (χ4n) is 2.75. The Labute approximate surface area is 124 Å². The van der Waals surface area contributed by atoms with E-state index >= 15 is 0 Å². The number of nitrogens with two attached hydrogens (primary N) is 1. The molecular weight excluding hydrogens is 358 g/mol. The van der Waals surface area contributed by atoms with Gasteiger partial charge in [-0.1, -0.05) is 0 Å². The molecule has 0 spiro atoms. The first-order valence-corrected chi connectivity index (χ1v) is 7.45. The molecule has 0 atom stereocenters. The van der Waals surface area contributed by atoms with Crippen molar-refractivity contribution in [3.05, 3.63) is 21.5 Å². The Balaban J connectivity index is 2.07. The number of piperidine rings is 1. The molecule has 2 aromatic rings. The van der Waals surface area contributed by atoms with Crippen LogP contribution in [-0.4, -0.2) is 34.6 Å². The van der Waals surface area contributed by atoms with Crippen LogP contribution in [0.3, 0.4) is 0 Å². The van der Waals surface area contributed by atoms with E-state index in [9.17, 15) is 4.39 Å². The first-order valence-electron chi connectivity index (χ1n) is 6.37. The van der Waals surface area contributed by atoms with Gasteiger partial charge >= 0.3 is 0 Å². The average Bonchev–Trinajstić information content (AvgIpc) is 2.67. The van der Waals surface area contributed by atoms with Crippen LogP contribution >= 0.6 is 22.6 Å². The molecule has 4 nitrogen and oxygen atoms in total. The number of hydrogen-bond acceptors (Lipinski definition) is 3. The molecule has 1 aromatic heterocycles. The molecule has 1 fully saturated rings. The number of nitrogen functional groups attached to an aromatic ring is 1. The number of likely N-dealkylation sites (tertiary alicyclic amines) is 1. The number of aromatic nitrogens is 2. The van der Waals surface area contributed by atoms with Crippen molar-refractivity contribution < 1.29 is 4.39 Å². The van der Waals surface area contributed by atoms with Crippen molar-refractivity contribution >= 4 is 39.6 Å². The SMILES string of the molecule is CN1CCC(n2c(N)nc3cc(I)c(F)cc32)CC1. The maximum atomic E-state index is 13.8. The second-order valence-electron chi connectivity index (χ2n) is 5.13. The molecule has 0 radical (unpaired) electrons. The summed E-state index contributed by atoms with van der Waals surface area (Å²) >= 11 is 1.98. The maximum absolute atomic E-state index is 13.8. The quantitative estimate of drug-likeness (QED) is 0.781. The molecule has 1 aliphatic rings. The lowest BCUT2D eigenvalue weighted by atomic mass is 10.1. The lowest BCUT2D eigenvalue weighted by molar-refractivity contribution is 0.225. The molecule has 0 unspecified atom stereocenters. The molecule has 1 saturated heterocycles. The van der Waals surface area contributed by atoms with Crippen molar-refractivity contribution in [2.24, 2.45) is 0 Å². The second-order valence-corrected chi connectivity index (χ2v) is 6.29. The van der Waals surface area contributed by atoms with Gasteiger partial charge in [0.05, 0.1) is 14.6 Å². The van der Waals surface area contributed by atoms with Gasteiger partial charge in [-0.05, 0) is 61.6 Å². The van der Waals surface area contributed by atoms with Crippen LogP contribution in [0.15, 0.2) is 12.1 Å². The van der Waals surface area contributed by atoms with Crippen LogP contribution in [0.25, 0.3) is 11.0 Å². The molecule has 6 heteroatoms. The fraction of sp³-hybridized carbons (Fsp3) is 0.462. The maximum Gasteiger partial charge on any atom is 0.201 e. The number of rotatable bonds is 1. The zero-order valence-corrected chi connectivity index (χ0v) is 12.9. The number of fused-ring (bicyclic) bond motifs is 1. The van der Waals surface area contributed by atoms with E-state index in [4.69, 9.17) is 5.73 Å². The van der Waals surface area contributed by atoms with E-state index in [0.29, 0.717) is 15.6 Å². The molecule has 19 heavy (non-hydrogen) atoms. The van der Waals surface area contributed by atoms with Crippen LogP contribution in [0.5, 0.6) is 0 Å². The van der Waals surface area contributed by atoms with Crippen molar-refractivity contribution in [3.63, 3.8) is 0 Å². The first kappa shape index (κ1) is 13.1. The van der Waals surface area contributed by atoms with Gasteiger partial charge in [-0.25, -0.2) is 9.37 Å². The third kappa shape index (κ3) is 2.31. The van der Waals surface area contributed by atoms with Crippen LogP contribution in [0.4, 0.5) is 10.3 Å². The van der Waals surface area contributed by atoms with Crippen molar-refractivity contribution in [3.8, 4) is 0 Å².